The lowest BCUT2D eigenvalue weighted by atomic mass is 10.2. The van der Waals surface area contributed by atoms with Crippen molar-refractivity contribution in [3.8, 4) is 5.75 Å². The fourth-order valence-corrected chi connectivity index (χ4v) is 4.58. The molecule has 6 heteroatoms. The average molecular weight is 397 g/mol. The van der Waals surface area contributed by atoms with Crippen molar-refractivity contribution in [2.24, 2.45) is 0 Å². The fourth-order valence-electron chi connectivity index (χ4n) is 4.58. The van der Waals surface area contributed by atoms with Gasteiger partial charge in [-0.2, -0.15) is 0 Å². The number of phenols is 1. The maximum Gasteiger partial charge on any atom is 0.255 e. The van der Waals surface area contributed by atoms with E-state index in [-0.39, 0.29) is 5.91 Å². The van der Waals surface area contributed by atoms with Crippen molar-refractivity contribution in [2.75, 3.05) is 50.7 Å². The molecule has 4 rings (SSSR count). The number of aromatic nitrogens is 1. The van der Waals surface area contributed by atoms with Gasteiger partial charge in [0, 0.05) is 63.4 Å². The lowest BCUT2D eigenvalue weighted by Crippen LogP contribution is -2.47. The van der Waals surface area contributed by atoms with E-state index in [1.54, 1.807) is 12.1 Å². The summed E-state index contributed by atoms with van der Waals surface area (Å²) in [6.45, 7) is 9.89. The number of aromatic hydroxyl groups is 1. The zero-order chi connectivity index (χ0) is 20.2. The fraction of sp³-hybridized carbons (Fsp3) is 0.522. The number of nitrogens with zero attached hydrogens (tertiary/aromatic N) is 4. The molecule has 2 aromatic rings. The number of rotatable bonds is 6. The quantitative estimate of drug-likeness (QED) is 0.816. The van der Waals surface area contributed by atoms with Gasteiger partial charge in [0.05, 0.1) is 5.56 Å². The number of amides is 1. The predicted molar refractivity (Wildman–Crippen MR) is 116 cm³/mol. The van der Waals surface area contributed by atoms with Gasteiger partial charge in [-0.05, 0) is 63.1 Å². The number of hydrogen-bond acceptors (Lipinski definition) is 4. The van der Waals surface area contributed by atoms with E-state index in [9.17, 15) is 9.90 Å². The van der Waals surface area contributed by atoms with Gasteiger partial charge in [0.15, 0.2) is 0 Å². The molecule has 0 bridgehead atoms. The first-order valence-electron chi connectivity index (χ1n) is 10.9. The number of anilines is 1. The van der Waals surface area contributed by atoms with Crippen molar-refractivity contribution in [3.05, 3.63) is 47.8 Å². The van der Waals surface area contributed by atoms with Gasteiger partial charge in [0.2, 0.25) is 0 Å². The van der Waals surface area contributed by atoms with Crippen molar-refractivity contribution < 1.29 is 9.90 Å². The SMILES string of the molecule is CCn1ccc2c1CCCN(CCCN1CCN(c3ccc(O)cc3)CC1)C2=O. The number of hydrogen-bond donors (Lipinski definition) is 1. The second-order valence-electron chi connectivity index (χ2n) is 8.06. The van der Waals surface area contributed by atoms with E-state index in [0.29, 0.717) is 5.75 Å². The van der Waals surface area contributed by atoms with E-state index >= 15 is 0 Å². The van der Waals surface area contributed by atoms with Crippen LogP contribution in [0.25, 0.3) is 0 Å². The highest BCUT2D eigenvalue weighted by Gasteiger charge is 2.25. The molecule has 1 fully saturated rings. The Kier molecular flexibility index (Phi) is 6.09. The summed E-state index contributed by atoms with van der Waals surface area (Å²) in [5, 5.41) is 9.45. The normalized spacial score (nSPS) is 18.0. The van der Waals surface area contributed by atoms with E-state index in [1.807, 2.05) is 18.2 Å². The highest BCUT2D eigenvalue weighted by Crippen LogP contribution is 2.21. The van der Waals surface area contributed by atoms with Gasteiger partial charge in [0.1, 0.15) is 5.75 Å². The van der Waals surface area contributed by atoms with Gasteiger partial charge in [-0.1, -0.05) is 0 Å². The molecule has 2 aliphatic rings. The number of piperazine rings is 1. The molecule has 29 heavy (non-hydrogen) atoms. The summed E-state index contributed by atoms with van der Waals surface area (Å²) in [5.41, 5.74) is 3.30. The molecule has 6 nitrogen and oxygen atoms in total. The minimum Gasteiger partial charge on any atom is -0.508 e. The third-order valence-corrected chi connectivity index (χ3v) is 6.27. The molecule has 1 saturated heterocycles. The lowest BCUT2D eigenvalue weighted by Gasteiger charge is -2.36. The Bertz CT molecular complexity index is 822. The number of carbonyl (C=O) groups excluding carboxylic acids is 1. The van der Waals surface area contributed by atoms with Crippen LogP contribution in [0.3, 0.4) is 0 Å². The molecule has 1 aromatic heterocycles. The molecular formula is C23H32N4O2. The van der Waals surface area contributed by atoms with E-state index in [1.165, 1.54) is 11.4 Å². The number of phenolic OH excluding ortho intramolecular Hbond substituents is 1. The van der Waals surface area contributed by atoms with Gasteiger partial charge >= 0.3 is 0 Å². The first kappa shape index (κ1) is 19.8. The van der Waals surface area contributed by atoms with Crippen LogP contribution >= 0.6 is 0 Å². The average Bonchev–Trinajstić information content (AvgIpc) is 3.09. The predicted octanol–water partition coefficient (Wildman–Crippen LogP) is 2.81. The van der Waals surface area contributed by atoms with Crippen molar-refractivity contribution in [1.29, 1.82) is 0 Å². The molecule has 156 valence electrons. The summed E-state index contributed by atoms with van der Waals surface area (Å²) >= 11 is 0. The molecule has 3 heterocycles. The molecule has 2 aliphatic heterocycles. The highest BCUT2D eigenvalue weighted by molar-refractivity contribution is 5.95. The molecule has 0 atom stereocenters. The Morgan fingerprint density at radius 1 is 0.966 bits per heavy atom. The van der Waals surface area contributed by atoms with Crippen LogP contribution in [0.2, 0.25) is 0 Å². The standard InChI is InChI=1S/C23H32N4O2/c1-2-25-14-10-21-22(25)5-3-12-27(23(21)29)13-4-11-24-15-17-26(18-16-24)19-6-8-20(28)9-7-19/h6-10,14,28H,2-5,11-13,15-18H2,1H3. The van der Waals surface area contributed by atoms with Gasteiger partial charge in [-0.25, -0.2) is 0 Å². The second kappa shape index (κ2) is 8.91. The lowest BCUT2D eigenvalue weighted by molar-refractivity contribution is 0.0752. The van der Waals surface area contributed by atoms with Gasteiger partial charge in [-0.3, -0.25) is 9.69 Å². The van der Waals surface area contributed by atoms with Crippen LogP contribution in [0.5, 0.6) is 5.75 Å². The van der Waals surface area contributed by atoms with E-state index < -0.39 is 0 Å². The summed E-state index contributed by atoms with van der Waals surface area (Å²) in [5.74, 6) is 0.524. The Labute approximate surface area is 173 Å². The van der Waals surface area contributed by atoms with Crippen molar-refractivity contribution in [2.45, 2.75) is 32.7 Å². The van der Waals surface area contributed by atoms with Crippen molar-refractivity contribution in [1.82, 2.24) is 14.4 Å². The van der Waals surface area contributed by atoms with Gasteiger partial charge in [0.25, 0.3) is 5.91 Å². The van der Waals surface area contributed by atoms with Crippen LogP contribution in [0.4, 0.5) is 5.69 Å². The minimum absolute atomic E-state index is 0.210. The summed E-state index contributed by atoms with van der Waals surface area (Å²) in [4.78, 5) is 19.9. The molecule has 0 aliphatic carbocycles. The summed E-state index contributed by atoms with van der Waals surface area (Å²) in [6, 6.07) is 9.47. The number of fused-ring (bicyclic) bond motifs is 1. The summed E-state index contributed by atoms with van der Waals surface area (Å²) in [6.07, 6.45) is 5.13. The molecule has 0 saturated carbocycles. The first-order chi connectivity index (χ1) is 14.2. The molecule has 0 radical (unpaired) electrons. The smallest absolute Gasteiger partial charge is 0.255 e. The van der Waals surface area contributed by atoms with E-state index in [2.05, 4.69) is 32.4 Å². The molecule has 1 aromatic carbocycles. The van der Waals surface area contributed by atoms with Crippen LogP contribution in [0.15, 0.2) is 36.5 Å². The molecule has 1 N–H and O–H groups in total. The van der Waals surface area contributed by atoms with Crippen LogP contribution in [0, 0.1) is 0 Å². The number of aryl methyl sites for hydroxylation is 1. The Hall–Kier alpha value is -2.47. The molecule has 0 spiro atoms. The molecular weight excluding hydrogens is 364 g/mol. The topological polar surface area (TPSA) is 52.0 Å². The third-order valence-electron chi connectivity index (χ3n) is 6.27. The van der Waals surface area contributed by atoms with Gasteiger partial charge < -0.3 is 19.5 Å². The zero-order valence-electron chi connectivity index (χ0n) is 17.4. The highest BCUT2D eigenvalue weighted by atomic mass is 16.3. The van der Waals surface area contributed by atoms with E-state index in [4.69, 9.17) is 0 Å². The maximum atomic E-state index is 12.9. The zero-order valence-corrected chi connectivity index (χ0v) is 17.4. The molecule has 0 unspecified atom stereocenters. The number of carbonyl (C=O) groups is 1. The van der Waals surface area contributed by atoms with Crippen molar-refractivity contribution in [3.63, 3.8) is 0 Å². The van der Waals surface area contributed by atoms with Crippen LogP contribution in [-0.4, -0.2) is 71.2 Å². The Balaban J connectivity index is 1.24. The maximum absolute atomic E-state index is 12.9. The monoisotopic (exact) mass is 396 g/mol. The Morgan fingerprint density at radius 2 is 1.72 bits per heavy atom. The summed E-state index contributed by atoms with van der Waals surface area (Å²) in [7, 11) is 0. The molecule has 1 amide bonds. The van der Waals surface area contributed by atoms with Gasteiger partial charge in [-0.15, -0.1) is 0 Å². The van der Waals surface area contributed by atoms with Crippen LogP contribution in [0.1, 0.15) is 35.8 Å². The number of benzene rings is 1. The third kappa shape index (κ3) is 4.42. The van der Waals surface area contributed by atoms with Crippen LogP contribution < -0.4 is 4.90 Å². The minimum atomic E-state index is 0.210. The Morgan fingerprint density at radius 3 is 2.45 bits per heavy atom. The largest absolute Gasteiger partial charge is 0.508 e. The van der Waals surface area contributed by atoms with Crippen molar-refractivity contribution >= 4 is 11.6 Å². The first-order valence-corrected chi connectivity index (χ1v) is 10.9. The summed E-state index contributed by atoms with van der Waals surface area (Å²) < 4.78 is 2.21. The van der Waals surface area contributed by atoms with E-state index in [0.717, 1.165) is 77.2 Å². The van der Waals surface area contributed by atoms with Crippen LogP contribution in [-0.2, 0) is 13.0 Å². The second-order valence-corrected chi connectivity index (χ2v) is 8.06.